The molecule has 0 aromatic rings. The molecule has 33 heavy (non-hydrogen) atoms. The van der Waals surface area contributed by atoms with Crippen LogP contribution in [0.15, 0.2) is 12.2 Å². The Morgan fingerprint density at radius 3 is 1.82 bits per heavy atom. The lowest BCUT2D eigenvalue weighted by atomic mass is 9.71. The average Bonchev–Trinajstić information content (AvgIpc) is 2.49. The predicted octanol–water partition coefficient (Wildman–Crippen LogP) is 5.04. The number of carbonyl (C=O) groups excluding carboxylic acids is 5. The molecule has 1 rings (SSSR count). The van der Waals surface area contributed by atoms with Gasteiger partial charge in [0.1, 0.15) is 28.6 Å². The molecule has 190 valence electrons. The van der Waals surface area contributed by atoms with Crippen molar-refractivity contribution in [3.63, 3.8) is 0 Å². The van der Waals surface area contributed by atoms with Gasteiger partial charge in [0.05, 0.1) is 6.42 Å². The van der Waals surface area contributed by atoms with Gasteiger partial charge in [-0.2, -0.15) is 0 Å². The van der Waals surface area contributed by atoms with Crippen LogP contribution in [0.4, 0.5) is 0 Å². The van der Waals surface area contributed by atoms with E-state index in [1.165, 1.54) is 19.9 Å². The normalized spacial score (nSPS) is 19.5. The van der Waals surface area contributed by atoms with Crippen LogP contribution in [0.5, 0.6) is 0 Å². The fraction of sp³-hybridized carbons (Fsp3) is 0.731. The zero-order chi connectivity index (χ0) is 26.6. The van der Waals surface area contributed by atoms with E-state index in [-0.39, 0.29) is 65.5 Å². The van der Waals surface area contributed by atoms with Crippen LogP contribution >= 0.6 is 0 Å². The van der Waals surface area contributed by atoms with E-state index in [2.05, 4.69) is 0 Å². The molecule has 0 heterocycles. The van der Waals surface area contributed by atoms with Crippen LogP contribution in [0.1, 0.15) is 95.4 Å². The minimum atomic E-state index is -0.505. The zero-order valence-electron chi connectivity index (χ0n) is 22.4. The van der Waals surface area contributed by atoms with Crippen LogP contribution in [0.25, 0.3) is 0 Å². The van der Waals surface area contributed by atoms with Crippen LogP contribution in [0.2, 0.25) is 0 Å². The standard InChI is InChI=1S/C15H24O4.C8H14O2.C3H6O/c1-9-6-11(16)8-12(17)14(9)10(2)7-13(18)19-15(3,4)5;1-5-6-7(9)10-8(2,3)4;1-3(2)4/h9-10,14H,6-8H2,1-5H3;5-6H,1-4H3;1-2H3/b;6-5+;. The second-order valence-electron chi connectivity index (χ2n) is 10.6. The fourth-order valence-corrected chi connectivity index (χ4v) is 3.31. The van der Waals surface area contributed by atoms with Gasteiger partial charge in [-0.3, -0.25) is 14.4 Å². The third-order valence-corrected chi connectivity index (χ3v) is 4.14. The molecule has 3 atom stereocenters. The molecule has 0 aromatic carbocycles. The number of hydrogen-bond acceptors (Lipinski definition) is 7. The smallest absolute Gasteiger partial charge is 0.330 e. The number of hydrogen-bond donors (Lipinski definition) is 0. The van der Waals surface area contributed by atoms with Crippen LogP contribution in [0, 0.1) is 17.8 Å². The van der Waals surface area contributed by atoms with Gasteiger partial charge in [-0.15, -0.1) is 0 Å². The zero-order valence-corrected chi connectivity index (χ0v) is 22.4. The van der Waals surface area contributed by atoms with E-state index in [1.807, 2.05) is 55.4 Å². The maximum atomic E-state index is 12.0. The average molecular weight is 469 g/mol. The summed E-state index contributed by atoms with van der Waals surface area (Å²) in [7, 11) is 0. The highest BCUT2D eigenvalue weighted by Crippen LogP contribution is 2.33. The molecule has 7 nitrogen and oxygen atoms in total. The van der Waals surface area contributed by atoms with Crippen molar-refractivity contribution < 1.29 is 33.4 Å². The minimum absolute atomic E-state index is 0.0122. The number of allylic oxidation sites excluding steroid dienone is 1. The van der Waals surface area contributed by atoms with E-state index in [1.54, 1.807) is 13.0 Å². The Bertz CT molecular complexity index is 701. The van der Waals surface area contributed by atoms with Gasteiger partial charge in [-0.05, 0) is 74.1 Å². The first-order chi connectivity index (χ1) is 14.8. The van der Waals surface area contributed by atoms with Gasteiger partial charge in [-0.1, -0.05) is 19.9 Å². The maximum Gasteiger partial charge on any atom is 0.330 e. The molecule has 1 aliphatic rings. The van der Waals surface area contributed by atoms with Gasteiger partial charge in [-0.25, -0.2) is 4.79 Å². The summed E-state index contributed by atoms with van der Waals surface area (Å²) in [5.41, 5.74) is -0.883. The Labute approximate surface area is 199 Å². The molecule has 3 unspecified atom stereocenters. The van der Waals surface area contributed by atoms with E-state index in [9.17, 15) is 24.0 Å². The summed E-state index contributed by atoms with van der Waals surface area (Å²) in [6, 6.07) is 0. The number of Topliss-reactive ketones (excluding diaryl/α,β-unsaturated/α-hetero) is 3. The van der Waals surface area contributed by atoms with Crippen LogP contribution in [0.3, 0.4) is 0 Å². The topological polar surface area (TPSA) is 104 Å². The lowest BCUT2D eigenvalue weighted by Crippen LogP contribution is -2.37. The van der Waals surface area contributed by atoms with Gasteiger partial charge in [0.25, 0.3) is 0 Å². The number of carbonyl (C=O) groups is 5. The second kappa shape index (κ2) is 14.8. The third kappa shape index (κ3) is 18.9. The summed E-state index contributed by atoms with van der Waals surface area (Å²) in [5.74, 6) is -0.674. The molecular formula is C26H44O7. The van der Waals surface area contributed by atoms with Crippen LogP contribution in [-0.4, -0.2) is 40.5 Å². The van der Waals surface area contributed by atoms with E-state index < -0.39 is 5.60 Å². The molecule has 0 N–H and O–H groups in total. The van der Waals surface area contributed by atoms with Crippen molar-refractivity contribution in [3.05, 3.63) is 12.2 Å². The fourth-order valence-electron chi connectivity index (χ4n) is 3.31. The summed E-state index contributed by atoms with van der Waals surface area (Å²) in [5, 5.41) is 0. The van der Waals surface area contributed by atoms with Gasteiger partial charge in [0.15, 0.2) is 0 Å². The maximum absolute atomic E-state index is 12.0. The van der Waals surface area contributed by atoms with Gasteiger partial charge in [0, 0.05) is 24.8 Å². The van der Waals surface area contributed by atoms with Crippen molar-refractivity contribution in [2.45, 2.75) is 107 Å². The van der Waals surface area contributed by atoms with Crippen molar-refractivity contribution >= 4 is 29.3 Å². The molecule has 0 aromatic heterocycles. The molecule has 1 fully saturated rings. The minimum Gasteiger partial charge on any atom is -0.460 e. The predicted molar refractivity (Wildman–Crippen MR) is 129 cm³/mol. The summed E-state index contributed by atoms with van der Waals surface area (Å²) in [4.78, 5) is 55.3. The van der Waals surface area contributed by atoms with Gasteiger partial charge in [0.2, 0.25) is 0 Å². The van der Waals surface area contributed by atoms with Crippen molar-refractivity contribution in [1.29, 1.82) is 0 Å². The summed E-state index contributed by atoms with van der Waals surface area (Å²) >= 11 is 0. The molecule has 0 amide bonds. The Kier molecular flexibility index (Phi) is 14.7. The lowest BCUT2D eigenvalue weighted by Gasteiger charge is -2.31. The second-order valence-corrected chi connectivity index (χ2v) is 10.6. The first kappa shape index (κ1) is 32.9. The highest BCUT2D eigenvalue weighted by Gasteiger charge is 2.37. The summed E-state index contributed by atoms with van der Waals surface area (Å²) in [6.45, 7) is 19.6. The molecule has 0 bridgehead atoms. The first-order valence-electron chi connectivity index (χ1n) is 11.4. The molecular weight excluding hydrogens is 424 g/mol. The Balaban J connectivity index is 0. The van der Waals surface area contributed by atoms with Gasteiger partial charge < -0.3 is 14.3 Å². The third-order valence-electron chi connectivity index (χ3n) is 4.14. The first-order valence-corrected chi connectivity index (χ1v) is 11.4. The van der Waals surface area contributed by atoms with E-state index >= 15 is 0 Å². The Morgan fingerprint density at radius 1 is 1.00 bits per heavy atom. The van der Waals surface area contributed by atoms with E-state index in [4.69, 9.17) is 9.47 Å². The molecule has 1 saturated carbocycles. The number of ether oxygens (including phenoxy) is 2. The van der Waals surface area contributed by atoms with E-state index in [0.29, 0.717) is 6.42 Å². The Hall–Kier alpha value is -2.31. The molecule has 0 radical (unpaired) electrons. The molecule has 1 aliphatic carbocycles. The Morgan fingerprint density at radius 2 is 1.45 bits per heavy atom. The van der Waals surface area contributed by atoms with Gasteiger partial charge >= 0.3 is 11.9 Å². The highest BCUT2D eigenvalue weighted by atomic mass is 16.6. The largest absolute Gasteiger partial charge is 0.460 e. The number of esters is 2. The molecule has 7 heteroatoms. The monoisotopic (exact) mass is 468 g/mol. The number of ketones is 3. The molecule has 0 saturated heterocycles. The van der Waals surface area contributed by atoms with Crippen molar-refractivity contribution in [2.75, 3.05) is 0 Å². The molecule has 0 spiro atoms. The van der Waals surface area contributed by atoms with Crippen molar-refractivity contribution in [3.8, 4) is 0 Å². The van der Waals surface area contributed by atoms with Crippen LogP contribution < -0.4 is 0 Å². The quantitative estimate of drug-likeness (QED) is 0.323. The van der Waals surface area contributed by atoms with Crippen LogP contribution in [-0.2, 0) is 33.4 Å². The van der Waals surface area contributed by atoms with Crippen molar-refractivity contribution in [2.24, 2.45) is 17.8 Å². The summed E-state index contributed by atoms with van der Waals surface area (Å²) in [6.07, 6.45) is 3.76. The summed E-state index contributed by atoms with van der Waals surface area (Å²) < 4.78 is 10.2. The number of rotatable bonds is 4. The van der Waals surface area contributed by atoms with E-state index in [0.717, 1.165) is 0 Å². The highest BCUT2D eigenvalue weighted by molar-refractivity contribution is 6.02. The van der Waals surface area contributed by atoms with Crippen molar-refractivity contribution in [1.82, 2.24) is 0 Å². The lowest BCUT2D eigenvalue weighted by molar-refractivity contribution is -0.156. The molecule has 0 aliphatic heterocycles. The SMILES string of the molecule is C/C=C/C(=O)OC(C)(C)C.CC(C)=O.CC1CC(=O)CC(=O)C1C(C)CC(=O)OC(C)(C)C.